The SMILES string of the molecule is CC1CCCCN1c1nc(-c2ccc3[nH]cc(-c4cncc(O[C@@H]5CCCNC5)n4)c3c2)cs1. The fraction of sp³-hybridized carbons (Fsp3) is 0.423. The first-order chi connectivity index (χ1) is 16.7. The van der Waals surface area contributed by atoms with Crippen LogP contribution in [0.25, 0.3) is 33.4 Å². The molecule has 0 saturated carbocycles. The zero-order valence-corrected chi connectivity index (χ0v) is 20.3. The van der Waals surface area contributed by atoms with Crippen LogP contribution in [0.15, 0.2) is 42.2 Å². The van der Waals surface area contributed by atoms with E-state index in [1.54, 1.807) is 23.7 Å². The second-order valence-corrected chi connectivity index (χ2v) is 10.2. The molecule has 0 amide bonds. The number of benzene rings is 1. The minimum atomic E-state index is 0.148. The Morgan fingerprint density at radius 2 is 2.06 bits per heavy atom. The van der Waals surface area contributed by atoms with Crippen molar-refractivity contribution in [2.45, 2.75) is 51.2 Å². The molecule has 8 heteroatoms. The van der Waals surface area contributed by atoms with Crippen molar-refractivity contribution >= 4 is 27.4 Å². The molecule has 3 aromatic heterocycles. The lowest BCUT2D eigenvalue weighted by atomic mass is 10.0. The van der Waals surface area contributed by atoms with Crippen molar-refractivity contribution in [3.8, 4) is 28.4 Å². The van der Waals surface area contributed by atoms with Crippen LogP contribution in [0.5, 0.6) is 5.88 Å². The van der Waals surface area contributed by atoms with Crippen LogP contribution in [0.4, 0.5) is 5.13 Å². The van der Waals surface area contributed by atoms with E-state index in [2.05, 4.69) is 50.7 Å². The van der Waals surface area contributed by atoms with Gasteiger partial charge in [0.25, 0.3) is 0 Å². The molecular formula is C26H30N6OS. The van der Waals surface area contributed by atoms with Gasteiger partial charge in [-0.1, -0.05) is 6.07 Å². The van der Waals surface area contributed by atoms with Gasteiger partial charge in [-0.25, -0.2) is 9.97 Å². The maximum atomic E-state index is 6.11. The van der Waals surface area contributed by atoms with Crippen LogP contribution in [0.2, 0.25) is 0 Å². The van der Waals surface area contributed by atoms with Crippen molar-refractivity contribution < 1.29 is 4.74 Å². The summed E-state index contributed by atoms with van der Waals surface area (Å²) in [6.45, 7) is 5.32. The summed E-state index contributed by atoms with van der Waals surface area (Å²) in [5.41, 5.74) is 5.06. The first-order valence-electron chi connectivity index (χ1n) is 12.3. The lowest BCUT2D eigenvalue weighted by Gasteiger charge is -2.33. The molecule has 2 N–H and O–H groups in total. The molecule has 0 bridgehead atoms. The van der Waals surface area contributed by atoms with E-state index in [0.29, 0.717) is 11.9 Å². The molecule has 1 unspecified atom stereocenters. The van der Waals surface area contributed by atoms with E-state index in [1.165, 1.54) is 19.3 Å². The highest BCUT2D eigenvalue weighted by Crippen LogP contribution is 2.35. The Morgan fingerprint density at radius 1 is 1.09 bits per heavy atom. The number of nitrogens with one attached hydrogen (secondary N) is 2. The van der Waals surface area contributed by atoms with Crippen molar-refractivity contribution in [1.82, 2.24) is 25.3 Å². The fourth-order valence-corrected chi connectivity index (χ4v) is 5.99. The predicted molar refractivity (Wildman–Crippen MR) is 138 cm³/mol. The number of fused-ring (bicyclic) bond motifs is 1. The lowest BCUT2D eigenvalue weighted by molar-refractivity contribution is 0.160. The predicted octanol–water partition coefficient (Wildman–Crippen LogP) is 5.26. The summed E-state index contributed by atoms with van der Waals surface area (Å²) in [4.78, 5) is 20.1. The number of piperidine rings is 2. The number of thiazole rings is 1. The summed E-state index contributed by atoms with van der Waals surface area (Å²) in [5, 5.41) is 7.80. The highest BCUT2D eigenvalue weighted by molar-refractivity contribution is 7.14. The Kier molecular flexibility index (Phi) is 5.93. The Hall–Kier alpha value is -2.97. The van der Waals surface area contributed by atoms with Gasteiger partial charge in [-0.05, 0) is 57.7 Å². The van der Waals surface area contributed by atoms with Gasteiger partial charge in [0.2, 0.25) is 5.88 Å². The molecule has 34 heavy (non-hydrogen) atoms. The summed E-state index contributed by atoms with van der Waals surface area (Å²) in [5.74, 6) is 0.580. The van der Waals surface area contributed by atoms with Gasteiger partial charge in [-0.15, -0.1) is 11.3 Å². The van der Waals surface area contributed by atoms with Gasteiger partial charge < -0.3 is 19.9 Å². The molecule has 0 spiro atoms. The van der Waals surface area contributed by atoms with Crippen LogP contribution in [0.1, 0.15) is 39.0 Å². The zero-order chi connectivity index (χ0) is 22.9. The zero-order valence-electron chi connectivity index (χ0n) is 19.5. The normalized spacial score (nSPS) is 21.1. The molecule has 4 aromatic rings. The number of aromatic nitrogens is 4. The average molecular weight is 475 g/mol. The molecule has 6 rings (SSSR count). The van der Waals surface area contributed by atoms with Crippen molar-refractivity contribution in [3.05, 3.63) is 42.2 Å². The van der Waals surface area contributed by atoms with Gasteiger partial charge in [0.15, 0.2) is 5.13 Å². The van der Waals surface area contributed by atoms with Crippen molar-refractivity contribution in [2.75, 3.05) is 24.5 Å². The number of anilines is 1. The highest BCUT2D eigenvalue weighted by atomic mass is 32.1. The fourth-order valence-electron chi connectivity index (χ4n) is 5.03. The first-order valence-corrected chi connectivity index (χ1v) is 13.2. The smallest absolute Gasteiger partial charge is 0.233 e. The number of H-pyrrole nitrogens is 1. The Labute approximate surface area is 203 Å². The molecule has 0 aliphatic carbocycles. The first kappa shape index (κ1) is 21.6. The average Bonchev–Trinajstić information content (AvgIpc) is 3.52. The molecule has 7 nitrogen and oxygen atoms in total. The van der Waals surface area contributed by atoms with E-state index < -0.39 is 0 Å². The van der Waals surface area contributed by atoms with E-state index in [1.807, 2.05) is 6.20 Å². The van der Waals surface area contributed by atoms with Gasteiger partial charge >= 0.3 is 0 Å². The second kappa shape index (κ2) is 9.35. The summed E-state index contributed by atoms with van der Waals surface area (Å²) < 4.78 is 6.11. The third-order valence-corrected chi connectivity index (χ3v) is 7.82. The Balaban J connectivity index is 1.29. The Bertz CT molecular complexity index is 1280. The van der Waals surface area contributed by atoms with Crippen LogP contribution in [-0.2, 0) is 0 Å². The van der Waals surface area contributed by atoms with Gasteiger partial charge in [-0.2, -0.15) is 0 Å². The van der Waals surface area contributed by atoms with Crippen LogP contribution in [0.3, 0.4) is 0 Å². The van der Waals surface area contributed by atoms with E-state index in [0.717, 1.165) is 71.0 Å². The molecule has 0 radical (unpaired) electrons. The number of ether oxygens (including phenoxy) is 1. The third-order valence-electron chi connectivity index (χ3n) is 6.95. The van der Waals surface area contributed by atoms with E-state index in [9.17, 15) is 0 Å². The molecule has 2 aliphatic heterocycles. The molecule has 2 fully saturated rings. The molecule has 5 heterocycles. The number of hydrogen-bond acceptors (Lipinski definition) is 7. The monoisotopic (exact) mass is 474 g/mol. The van der Waals surface area contributed by atoms with Crippen LogP contribution in [-0.4, -0.2) is 51.7 Å². The number of aromatic amines is 1. The minimum absolute atomic E-state index is 0.148. The van der Waals surface area contributed by atoms with Crippen LogP contribution >= 0.6 is 11.3 Å². The van der Waals surface area contributed by atoms with E-state index >= 15 is 0 Å². The summed E-state index contributed by atoms with van der Waals surface area (Å²) in [6, 6.07) is 7.03. The second-order valence-electron chi connectivity index (χ2n) is 9.34. The quantitative estimate of drug-likeness (QED) is 0.411. The number of hydrogen-bond donors (Lipinski definition) is 2. The van der Waals surface area contributed by atoms with Crippen molar-refractivity contribution in [2.24, 2.45) is 0 Å². The van der Waals surface area contributed by atoms with Crippen LogP contribution in [0, 0.1) is 0 Å². The number of rotatable bonds is 5. The van der Waals surface area contributed by atoms with E-state index in [-0.39, 0.29) is 6.10 Å². The van der Waals surface area contributed by atoms with Crippen molar-refractivity contribution in [3.63, 3.8) is 0 Å². The standard InChI is InChI=1S/C26H30N6OS/c1-17-5-2-3-10-32(17)26-31-24(16-34-26)18-7-8-22-20(11-18)21(13-29-22)23-14-28-15-25(30-23)33-19-6-4-9-27-12-19/h7-8,11,13-17,19,27,29H,2-6,9-10,12H2,1H3/t17?,19-/m1/s1. The van der Waals surface area contributed by atoms with Gasteiger partial charge in [0, 0.05) is 52.7 Å². The molecule has 2 atom stereocenters. The van der Waals surface area contributed by atoms with Gasteiger partial charge in [0.05, 0.1) is 23.8 Å². The number of nitrogens with zero attached hydrogens (tertiary/aromatic N) is 4. The highest BCUT2D eigenvalue weighted by Gasteiger charge is 2.22. The maximum Gasteiger partial charge on any atom is 0.233 e. The van der Waals surface area contributed by atoms with Gasteiger partial charge in [0.1, 0.15) is 6.10 Å². The lowest BCUT2D eigenvalue weighted by Crippen LogP contribution is -2.37. The summed E-state index contributed by atoms with van der Waals surface area (Å²) >= 11 is 1.74. The molecule has 2 saturated heterocycles. The molecular weight excluding hydrogens is 444 g/mol. The third kappa shape index (κ3) is 4.28. The van der Waals surface area contributed by atoms with E-state index in [4.69, 9.17) is 14.7 Å². The maximum absolute atomic E-state index is 6.11. The summed E-state index contributed by atoms with van der Waals surface area (Å²) in [6.07, 6.45) is 11.6. The molecule has 176 valence electrons. The minimum Gasteiger partial charge on any atom is -0.472 e. The topological polar surface area (TPSA) is 79.0 Å². The largest absolute Gasteiger partial charge is 0.472 e. The van der Waals surface area contributed by atoms with Gasteiger partial charge in [-0.3, -0.25) is 4.98 Å². The van der Waals surface area contributed by atoms with Crippen molar-refractivity contribution in [1.29, 1.82) is 0 Å². The molecule has 1 aromatic carbocycles. The van der Waals surface area contributed by atoms with Crippen LogP contribution < -0.4 is 15.0 Å². The molecule has 2 aliphatic rings. The Morgan fingerprint density at radius 3 is 2.94 bits per heavy atom. The summed E-state index contributed by atoms with van der Waals surface area (Å²) in [7, 11) is 0.